The zero-order valence-electron chi connectivity index (χ0n) is 9.12. The smallest absolute Gasteiger partial charge is 0.253 e. The first-order valence-electron chi connectivity index (χ1n) is 5.00. The van der Waals surface area contributed by atoms with Crippen molar-refractivity contribution in [2.24, 2.45) is 0 Å². The Kier molecular flexibility index (Phi) is 5.05. The fraction of sp³-hybridized carbons (Fsp3) is 0.545. The zero-order valence-corrected chi connectivity index (χ0v) is 10.7. The van der Waals surface area contributed by atoms with E-state index in [1.54, 1.807) is 11.7 Å². The number of methoxy groups -OCH3 is 1. The summed E-state index contributed by atoms with van der Waals surface area (Å²) in [5, 5.41) is 0. The minimum Gasteiger partial charge on any atom is -0.385 e. The molecule has 0 fully saturated rings. The predicted octanol–water partition coefficient (Wildman–Crippen LogP) is 2.35. The van der Waals surface area contributed by atoms with E-state index < -0.39 is 0 Å². The summed E-state index contributed by atoms with van der Waals surface area (Å²) in [6, 6.07) is 1.84. The van der Waals surface area contributed by atoms with E-state index in [9.17, 15) is 4.79 Å². The van der Waals surface area contributed by atoms with Crippen LogP contribution in [0.3, 0.4) is 0 Å². The van der Waals surface area contributed by atoms with E-state index in [1.807, 2.05) is 19.2 Å². The normalized spacial score (nSPS) is 10.6. The van der Waals surface area contributed by atoms with Gasteiger partial charge in [0.15, 0.2) is 0 Å². The van der Waals surface area contributed by atoms with Crippen molar-refractivity contribution in [1.82, 2.24) is 4.57 Å². The Labute approximate surface area is 98.2 Å². The molecule has 0 unspecified atom stereocenters. The van der Waals surface area contributed by atoms with Crippen molar-refractivity contribution in [2.45, 2.75) is 26.3 Å². The molecule has 0 bridgehead atoms. The molecule has 0 saturated carbocycles. The topological polar surface area (TPSA) is 31.2 Å². The third-order valence-corrected chi connectivity index (χ3v) is 2.66. The molecule has 0 aliphatic rings. The number of ether oxygens (including phenoxy) is 1. The van der Waals surface area contributed by atoms with E-state index in [0.29, 0.717) is 0 Å². The summed E-state index contributed by atoms with van der Waals surface area (Å²) < 4.78 is 7.66. The summed E-state index contributed by atoms with van der Waals surface area (Å²) in [5.41, 5.74) is 0.867. The second-order valence-corrected chi connectivity index (χ2v) is 4.46. The summed E-state index contributed by atoms with van der Waals surface area (Å²) in [4.78, 5) is 11.7. The van der Waals surface area contributed by atoms with Gasteiger partial charge in [0.05, 0.1) is 0 Å². The number of rotatable bonds is 5. The lowest BCUT2D eigenvalue weighted by atomic mass is 10.3. The fourth-order valence-corrected chi connectivity index (χ4v) is 2.03. The first kappa shape index (κ1) is 12.5. The van der Waals surface area contributed by atoms with Crippen LogP contribution in [0, 0.1) is 6.92 Å². The maximum atomic E-state index is 11.7. The van der Waals surface area contributed by atoms with Crippen LogP contribution < -0.4 is 5.56 Å². The van der Waals surface area contributed by atoms with Crippen LogP contribution in [0.2, 0.25) is 0 Å². The molecule has 0 spiro atoms. The number of hydrogen-bond acceptors (Lipinski definition) is 2. The van der Waals surface area contributed by atoms with E-state index in [4.69, 9.17) is 4.74 Å². The van der Waals surface area contributed by atoms with Crippen LogP contribution in [0.5, 0.6) is 0 Å². The Bertz CT molecular complexity index is 373. The molecule has 0 aliphatic heterocycles. The maximum absolute atomic E-state index is 11.7. The summed E-state index contributed by atoms with van der Waals surface area (Å²) in [6.07, 6.45) is 3.78. The molecule has 0 amide bonds. The fourth-order valence-electron chi connectivity index (χ4n) is 1.43. The highest BCUT2D eigenvalue weighted by molar-refractivity contribution is 9.10. The molecule has 0 aromatic carbocycles. The van der Waals surface area contributed by atoms with Crippen LogP contribution in [-0.4, -0.2) is 18.3 Å². The molecule has 1 aromatic rings. The van der Waals surface area contributed by atoms with Crippen LogP contribution in [0.1, 0.15) is 18.4 Å². The van der Waals surface area contributed by atoms with E-state index in [2.05, 4.69) is 15.9 Å². The molecule has 0 aliphatic carbocycles. The van der Waals surface area contributed by atoms with Gasteiger partial charge in [-0.15, -0.1) is 0 Å². The number of halogens is 1. The van der Waals surface area contributed by atoms with Crippen LogP contribution >= 0.6 is 15.9 Å². The van der Waals surface area contributed by atoms with Gasteiger partial charge in [0.2, 0.25) is 0 Å². The molecule has 15 heavy (non-hydrogen) atoms. The van der Waals surface area contributed by atoms with E-state index in [-0.39, 0.29) is 5.56 Å². The quantitative estimate of drug-likeness (QED) is 0.772. The molecule has 3 nitrogen and oxygen atoms in total. The molecule has 4 heteroatoms. The Morgan fingerprint density at radius 2 is 2.20 bits per heavy atom. The van der Waals surface area contributed by atoms with Crippen molar-refractivity contribution >= 4 is 15.9 Å². The molecule has 0 N–H and O–H groups in total. The molecule has 1 aromatic heterocycles. The van der Waals surface area contributed by atoms with Gasteiger partial charge < -0.3 is 9.30 Å². The van der Waals surface area contributed by atoms with Crippen molar-refractivity contribution in [1.29, 1.82) is 0 Å². The summed E-state index contributed by atoms with van der Waals surface area (Å²) in [7, 11) is 1.69. The Hall–Kier alpha value is -0.610. The second kappa shape index (κ2) is 6.08. The van der Waals surface area contributed by atoms with E-state index >= 15 is 0 Å². The lowest BCUT2D eigenvalue weighted by Crippen LogP contribution is -2.21. The van der Waals surface area contributed by atoms with E-state index in [0.717, 1.165) is 36.0 Å². The average molecular weight is 274 g/mol. The summed E-state index contributed by atoms with van der Waals surface area (Å²) in [6.45, 7) is 3.34. The number of unbranched alkanes of at least 4 members (excludes halogenated alkanes) is 1. The van der Waals surface area contributed by atoms with Crippen molar-refractivity contribution in [3.05, 3.63) is 32.7 Å². The molecule has 1 rings (SSSR count). The van der Waals surface area contributed by atoms with Crippen LogP contribution in [-0.2, 0) is 11.3 Å². The Balaban J connectivity index is 2.64. The molecule has 84 valence electrons. The largest absolute Gasteiger partial charge is 0.385 e. The average Bonchev–Trinajstić information content (AvgIpc) is 2.19. The molecule has 0 saturated heterocycles. The van der Waals surface area contributed by atoms with Gasteiger partial charge in [-0.2, -0.15) is 0 Å². The van der Waals surface area contributed by atoms with Gasteiger partial charge in [0.25, 0.3) is 5.56 Å². The van der Waals surface area contributed by atoms with Crippen LogP contribution in [0.15, 0.2) is 21.5 Å². The molecule has 0 atom stereocenters. The highest BCUT2D eigenvalue weighted by Crippen LogP contribution is 2.08. The third-order valence-electron chi connectivity index (χ3n) is 2.23. The molecule has 1 heterocycles. The van der Waals surface area contributed by atoms with Crippen molar-refractivity contribution < 1.29 is 4.74 Å². The van der Waals surface area contributed by atoms with Gasteiger partial charge in [-0.1, -0.05) is 0 Å². The Morgan fingerprint density at radius 3 is 2.87 bits per heavy atom. The van der Waals surface area contributed by atoms with Gasteiger partial charge in [-0.3, -0.25) is 4.79 Å². The Morgan fingerprint density at radius 1 is 1.47 bits per heavy atom. The van der Waals surface area contributed by atoms with Gasteiger partial charge in [-0.05, 0) is 41.8 Å². The molecular formula is C11H16BrNO2. The lowest BCUT2D eigenvalue weighted by molar-refractivity contribution is 0.191. The van der Waals surface area contributed by atoms with Gasteiger partial charge >= 0.3 is 0 Å². The van der Waals surface area contributed by atoms with Crippen molar-refractivity contribution in [3.63, 3.8) is 0 Å². The molecule has 0 radical (unpaired) electrons. The highest BCUT2D eigenvalue weighted by Gasteiger charge is 2.01. The van der Waals surface area contributed by atoms with E-state index in [1.165, 1.54) is 0 Å². The van der Waals surface area contributed by atoms with Crippen molar-refractivity contribution in [3.8, 4) is 0 Å². The monoisotopic (exact) mass is 273 g/mol. The second-order valence-electron chi connectivity index (χ2n) is 3.54. The van der Waals surface area contributed by atoms with Crippen molar-refractivity contribution in [2.75, 3.05) is 13.7 Å². The highest BCUT2D eigenvalue weighted by atomic mass is 79.9. The maximum Gasteiger partial charge on any atom is 0.253 e. The SMILES string of the molecule is COCCCCn1cc(Br)cc(C)c1=O. The van der Waals surface area contributed by atoms with Gasteiger partial charge in [0, 0.05) is 36.5 Å². The first-order chi connectivity index (χ1) is 7.15. The first-order valence-corrected chi connectivity index (χ1v) is 5.80. The number of aromatic nitrogens is 1. The number of pyridine rings is 1. The molecular weight excluding hydrogens is 258 g/mol. The lowest BCUT2D eigenvalue weighted by Gasteiger charge is -2.07. The number of nitrogens with zero attached hydrogens (tertiary/aromatic N) is 1. The zero-order chi connectivity index (χ0) is 11.3. The van der Waals surface area contributed by atoms with Gasteiger partial charge in [0.1, 0.15) is 0 Å². The van der Waals surface area contributed by atoms with Crippen LogP contribution in [0.4, 0.5) is 0 Å². The third kappa shape index (κ3) is 3.80. The minimum absolute atomic E-state index is 0.0932. The predicted molar refractivity (Wildman–Crippen MR) is 64.2 cm³/mol. The standard InChI is InChI=1S/C11H16BrNO2/c1-9-7-10(12)8-13(11(9)14)5-3-4-6-15-2/h7-8H,3-6H2,1-2H3. The number of hydrogen-bond donors (Lipinski definition) is 0. The minimum atomic E-state index is 0.0932. The number of aryl methyl sites for hydroxylation is 2. The summed E-state index contributed by atoms with van der Waals surface area (Å²) >= 11 is 3.39. The van der Waals surface area contributed by atoms with Gasteiger partial charge in [-0.25, -0.2) is 0 Å². The van der Waals surface area contributed by atoms with Crippen LogP contribution in [0.25, 0.3) is 0 Å². The summed E-state index contributed by atoms with van der Waals surface area (Å²) in [5.74, 6) is 0.